The summed E-state index contributed by atoms with van der Waals surface area (Å²) in [4.78, 5) is 0. The van der Waals surface area contributed by atoms with Crippen molar-refractivity contribution in [2.75, 3.05) is 0 Å². The molecule has 1 saturated carbocycles. The molecule has 1 aromatic carbocycles. The molecule has 2 atom stereocenters. The number of hydrogen-bond donors (Lipinski definition) is 2. The first-order valence-corrected chi connectivity index (χ1v) is 4.97. The second-order valence-electron chi connectivity index (χ2n) is 4.06. The second kappa shape index (κ2) is 5.08. The summed E-state index contributed by atoms with van der Waals surface area (Å²) >= 11 is 0. The quantitative estimate of drug-likeness (QED) is 0.862. The molecule has 1 aromatic rings. The van der Waals surface area contributed by atoms with E-state index in [1.165, 1.54) is 12.1 Å². The van der Waals surface area contributed by atoms with Gasteiger partial charge in [0.15, 0.2) is 0 Å². The largest absolute Gasteiger partial charge is 0.391 e. The third-order valence-corrected chi connectivity index (χ3v) is 2.74. The van der Waals surface area contributed by atoms with Crippen LogP contribution in [-0.2, 0) is 0 Å². The number of hydrogen-bond acceptors (Lipinski definition) is 2. The van der Waals surface area contributed by atoms with Crippen molar-refractivity contribution in [2.24, 2.45) is 11.7 Å². The first-order valence-electron chi connectivity index (χ1n) is 4.97. The molecule has 2 rings (SSSR count). The van der Waals surface area contributed by atoms with Gasteiger partial charge >= 0.3 is 0 Å². The minimum atomic E-state index is -0.706. The normalized spacial score (nSPS) is 18.8. The Bertz CT molecular complexity index is 351. The van der Waals surface area contributed by atoms with Crippen molar-refractivity contribution in [3.63, 3.8) is 0 Å². The van der Waals surface area contributed by atoms with Crippen molar-refractivity contribution in [1.29, 1.82) is 0 Å². The zero-order chi connectivity index (χ0) is 11.0. The number of nitrogens with two attached hydrogens (primary N) is 1. The summed E-state index contributed by atoms with van der Waals surface area (Å²) in [6.07, 6.45) is 1.17. The highest BCUT2D eigenvalue weighted by molar-refractivity contribution is 5.85. The average Bonchev–Trinajstić information content (AvgIpc) is 2.97. The molecule has 16 heavy (non-hydrogen) atoms. The molecule has 0 bridgehead atoms. The molecule has 0 radical (unpaired) electrons. The van der Waals surface area contributed by atoms with Crippen molar-refractivity contribution in [3.05, 3.63) is 35.4 Å². The number of aliphatic hydroxyl groups is 1. The Morgan fingerprint density at radius 2 is 1.69 bits per heavy atom. The smallest absolute Gasteiger partial charge is 0.126 e. The van der Waals surface area contributed by atoms with Crippen LogP contribution in [0.3, 0.4) is 0 Å². The predicted molar refractivity (Wildman–Crippen MR) is 59.3 cm³/mol. The lowest BCUT2D eigenvalue weighted by Gasteiger charge is -2.18. The Hall–Kier alpha value is -0.710. The molecule has 1 aliphatic rings. The van der Waals surface area contributed by atoms with E-state index < -0.39 is 23.8 Å². The van der Waals surface area contributed by atoms with E-state index in [9.17, 15) is 13.9 Å². The number of rotatable bonds is 3. The Balaban J connectivity index is 0.00000128. The number of aliphatic hydroxyl groups excluding tert-OH is 1. The lowest BCUT2D eigenvalue weighted by atomic mass is 9.99. The minimum Gasteiger partial charge on any atom is -0.391 e. The third-order valence-electron chi connectivity index (χ3n) is 2.74. The van der Waals surface area contributed by atoms with E-state index in [4.69, 9.17) is 5.73 Å². The summed E-state index contributed by atoms with van der Waals surface area (Å²) in [7, 11) is 0. The van der Waals surface area contributed by atoms with E-state index in [0.717, 1.165) is 18.9 Å². The summed E-state index contributed by atoms with van der Waals surface area (Å²) in [6, 6.07) is 2.42. The highest BCUT2D eigenvalue weighted by Crippen LogP contribution is 2.37. The van der Waals surface area contributed by atoms with E-state index in [1.807, 2.05) is 0 Å². The monoisotopic (exact) mass is 249 g/mol. The summed E-state index contributed by atoms with van der Waals surface area (Å²) in [5.74, 6) is -1.14. The first kappa shape index (κ1) is 13.4. The highest BCUT2D eigenvalue weighted by atomic mass is 35.5. The molecule has 5 heteroatoms. The molecular formula is C11H14ClF2NO. The van der Waals surface area contributed by atoms with Crippen LogP contribution in [0, 0.1) is 17.6 Å². The lowest BCUT2D eigenvalue weighted by Crippen LogP contribution is -2.28. The molecule has 3 N–H and O–H groups in total. The molecule has 0 unspecified atom stereocenters. The fourth-order valence-electron chi connectivity index (χ4n) is 1.70. The zero-order valence-electron chi connectivity index (χ0n) is 8.57. The van der Waals surface area contributed by atoms with Gasteiger partial charge in [-0.1, -0.05) is 0 Å². The van der Waals surface area contributed by atoms with Crippen LogP contribution in [0.5, 0.6) is 0 Å². The van der Waals surface area contributed by atoms with Crippen LogP contribution in [0.2, 0.25) is 0 Å². The summed E-state index contributed by atoms with van der Waals surface area (Å²) < 4.78 is 25.8. The van der Waals surface area contributed by atoms with Gasteiger partial charge in [-0.25, -0.2) is 8.78 Å². The number of halogens is 3. The maximum Gasteiger partial charge on any atom is 0.126 e. The fourth-order valence-corrected chi connectivity index (χ4v) is 1.70. The zero-order valence-corrected chi connectivity index (χ0v) is 9.38. The SMILES string of the molecule is Cl.N[C@@H](c1cc(F)cc(F)c1)[C@H](O)C1CC1. The highest BCUT2D eigenvalue weighted by Gasteiger charge is 2.34. The van der Waals surface area contributed by atoms with Crippen LogP contribution in [0.15, 0.2) is 18.2 Å². The summed E-state index contributed by atoms with van der Waals surface area (Å²) in [5.41, 5.74) is 6.05. The van der Waals surface area contributed by atoms with Crippen LogP contribution in [0.25, 0.3) is 0 Å². The molecule has 0 spiro atoms. The molecule has 1 fully saturated rings. The second-order valence-corrected chi connectivity index (χ2v) is 4.06. The van der Waals surface area contributed by atoms with E-state index in [1.54, 1.807) is 0 Å². The maximum atomic E-state index is 12.9. The Kier molecular flexibility index (Phi) is 4.24. The molecule has 0 aromatic heterocycles. The molecular weight excluding hydrogens is 236 g/mol. The van der Waals surface area contributed by atoms with Gasteiger partial charge in [-0.2, -0.15) is 0 Å². The van der Waals surface area contributed by atoms with Crippen LogP contribution in [-0.4, -0.2) is 11.2 Å². The molecule has 0 heterocycles. The summed E-state index contributed by atoms with van der Waals surface area (Å²) in [5, 5.41) is 9.72. The van der Waals surface area contributed by atoms with Gasteiger partial charge in [0.1, 0.15) is 11.6 Å². The molecule has 2 nitrogen and oxygen atoms in total. The maximum absolute atomic E-state index is 12.9. The first-order chi connectivity index (χ1) is 7.08. The van der Waals surface area contributed by atoms with Crippen molar-refractivity contribution < 1.29 is 13.9 Å². The van der Waals surface area contributed by atoms with Gasteiger partial charge in [0.2, 0.25) is 0 Å². The van der Waals surface area contributed by atoms with Gasteiger partial charge in [-0.15, -0.1) is 12.4 Å². The van der Waals surface area contributed by atoms with Crippen LogP contribution in [0.4, 0.5) is 8.78 Å². The van der Waals surface area contributed by atoms with Gasteiger partial charge in [-0.3, -0.25) is 0 Å². The van der Waals surface area contributed by atoms with E-state index in [0.29, 0.717) is 5.56 Å². The van der Waals surface area contributed by atoms with Crippen LogP contribution in [0.1, 0.15) is 24.4 Å². The molecule has 0 saturated heterocycles. The van der Waals surface area contributed by atoms with E-state index >= 15 is 0 Å². The van der Waals surface area contributed by atoms with Crippen LogP contribution >= 0.6 is 12.4 Å². The Labute approximate surface area is 98.9 Å². The van der Waals surface area contributed by atoms with Crippen molar-refractivity contribution >= 4 is 12.4 Å². The van der Waals surface area contributed by atoms with Gasteiger partial charge < -0.3 is 10.8 Å². The molecule has 90 valence electrons. The molecule has 0 amide bonds. The Morgan fingerprint density at radius 3 is 2.12 bits per heavy atom. The van der Waals surface area contributed by atoms with Gasteiger partial charge in [0, 0.05) is 6.07 Å². The standard InChI is InChI=1S/C11H13F2NO.ClH/c12-8-3-7(4-9(13)5-8)10(14)11(15)6-1-2-6;/h3-6,10-11,15H,1-2,14H2;1H/t10-,11+;/m0./s1. The van der Waals surface area contributed by atoms with Crippen molar-refractivity contribution in [3.8, 4) is 0 Å². The van der Waals surface area contributed by atoms with E-state index in [-0.39, 0.29) is 18.3 Å². The summed E-state index contributed by atoms with van der Waals surface area (Å²) in [6.45, 7) is 0. The van der Waals surface area contributed by atoms with Crippen molar-refractivity contribution in [2.45, 2.75) is 25.0 Å². The minimum absolute atomic E-state index is 0. The topological polar surface area (TPSA) is 46.2 Å². The van der Waals surface area contributed by atoms with Crippen molar-refractivity contribution in [1.82, 2.24) is 0 Å². The van der Waals surface area contributed by atoms with Gasteiger partial charge in [0.05, 0.1) is 12.1 Å². The van der Waals surface area contributed by atoms with Crippen LogP contribution < -0.4 is 5.73 Å². The average molecular weight is 250 g/mol. The fraction of sp³-hybridized carbons (Fsp3) is 0.455. The molecule has 1 aliphatic carbocycles. The molecule has 0 aliphatic heterocycles. The Morgan fingerprint density at radius 1 is 1.19 bits per heavy atom. The van der Waals surface area contributed by atoms with E-state index in [2.05, 4.69) is 0 Å². The predicted octanol–water partition coefficient (Wildman–Crippen LogP) is 2.16. The van der Waals surface area contributed by atoms with Gasteiger partial charge in [-0.05, 0) is 36.5 Å². The third kappa shape index (κ3) is 2.90. The lowest BCUT2D eigenvalue weighted by molar-refractivity contribution is 0.122. The number of benzene rings is 1. The van der Waals surface area contributed by atoms with Gasteiger partial charge in [0.25, 0.3) is 0 Å².